The number of rotatable bonds is 12. The van der Waals surface area contributed by atoms with E-state index >= 15 is 0 Å². The van der Waals surface area contributed by atoms with Crippen molar-refractivity contribution in [3.8, 4) is 0 Å². The fraction of sp³-hybridized carbons (Fsp3) is 0.680. The van der Waals surface area contributed by atoms with Crippen molar-refractivity contribution in [2.75, 3.05) is 39.9 Å². The highest BCUT2D eigenvalue weighted by atomic mass is 32.2. The summed E-state index contributed by atoms with van der Waals surface area (Å²) in [5.41, 5.74) is 6.34. The number of halogens is 4. The quantitative estimate of drug-likeness (QED) is 0.125. The molecule has 15 nitrogen and oxygen atoms in total. The first-order valence-corrected chi connectivity index (χ1v) is 17.1. The number of piperidine rings is 1. The number of aliphatic carboxylic acids is 1. The molecule has 4 atom stereocenters. The van der Waals surface area contributed by atoms with E-state index in [4.69, 9.17) is 14.7 Å². The molecule has 3 rings (SSSR count). The third-order valence-electron chi connectivity index (χ3n) is 7.53. The van der Waals surface area contributed by atoms with Crippen molar-refractivity contribution in [3.63, 3.8) is 0 Å². The zero-order valence-electron chi connectivity index (χ0n) is 25.1. The van der Waals surface area contributed by atoms with E-state index in [2.05, 4.69) is 20.7 Å². The second-order valence-electron chi connectivity index (χ2n) is 10.9. The highest BCUT2D eigenvalue weighted by Gasteiger charge is 2.48. The summed E-state index contributed by atoms with van der Waals surface area (Å²) in [7, 11) is -8.04. The summed E-state index contributed by atoms with van der Waals surface area (Å²) in [6.45, 7) is -0.835. The van der Waals surface area contributed by atoms with Crippen LogP contribution >= 0.6 is 7.82 Å². The molecule has 0 aromatic heterocycles. The van der Waals surface area contributed by atoms with Gasteiger partial charge in [0.25, 0.3) is 7.82 Å². The summed E-state index contributed by atoms with van der Waals surface area (Å²) in [6.07, 6.45) is -6.21. The lowest BCUT2D eigenvalue weighted by Crippen LogP contribution is -2.64. The van der Waals surface area contributed by atoms with E-state index in [1.807, 2.05) is 0 Å². The normalized spacial score (nSPS) is 20.8. The third-order valence-corrected chi connectivity index (χ3v) is 9.93. The van der Waals surface area contributed by atoms with Gasteiger partial charge in [0, 0.05) is 26.6 Å². The van der Waals surface area contributed by atoms with Crippen LogP contribution in [0, 0.1) is 5.82 Å². The number of hydrogen-bond acceptors (Lipinski definition) is 9. The van der Waals surface area contributed by atoms with Crippen molar-refractivity contribution < 1.29 is 80.5 Å². The summed E-state index contributed by atoms with van der Waals surface area (Å²) < 4.78 is 104. The SMILES string of the molecule is CN([C@H]1COC2(CCN(C(=O)O[C@H](COP(=O)([O-])O)C(F)(F)F)CC2)C1)S(=O)(=O)c1ccc(F)cc1.[NH3+]CCCC[C@H]([NH3+])C(=O)O. The number of unbranched alkanes of at least 4 members (excludes halogenated alkanes) is 1. The molecule has 2 saturated heterocycles. The number of carboxylic acids is 1. The molecule has 2 aliphatic heterocycles. The van der Waals surface area contributed by atoms with Gasteiger partial charge in [-0.05, 0) is 56.4 Å². The standard InChI is InChI=1S/C19H25F4N2O9PS.C6H14N2O2/c1-24(36(30,31)15-4-2-13(20)3-5-15)14-10-18(32-11-14)6-8-25(9-7-18)17(26)34-16(19(21,22)23)12-33-35(27,28)29;7-4-2-1-3-5(8)6(9)10/h2-5,14,16H,6-12H2,1H3,(H2,27,28,29);5H,1-4,7-8H2,(H,9,10)/p+1/t14-,16-;5-/m10/s1. The lowest BCUT2D eigenvalue weighted by molar-refractivity contribution is -0.410. The third kappa shape index (κ3) is 12.0. The van der Waals surface area contributed by atoms with Crippen LogP contribution in [0.1, 0.15) is 38.5 Å². The molecule has 21 heteroatoms. The number of hydrogen-bond donors (Lipinski definition) is 4. The minimum Gasteiger partial charge on any atom is -0.756 e. The summed E-state index contributed by atoms with van der Waals surface area (Å²) in [5, 5.41) is 8.40. The smallest absolute Gasteiger partial charge is 0.427 e. The fourth-order valence-electron chi connectivity index (χ4n) is 4.71. The number of nitrogens with zero attached hydrogens (tertiary/aromatic N) is 2. The number of ether oxygens (including phenoxy) is 2. The zero-order chi connectivity index (χ0) is 34.9. The highest BCUT2D eigenvalue weighted by molar-refractivity contribution is 7.89. The number of quaternary nitrogens is 2. The summed E-state index contributed by atoms with van der Waals surface area (Å²) >= 11 is 0. The Balaban J connectivity index is 0.000000634. The molecule has 2 fully saturated rings. The van der Waals surface area contributed by atoms with Crippen LogP contribution < -0.4 is 16.4 Å². The molecular weight excluding hydrogens is 671 g/mol. The van der Waals surface area contributed by atoms with Crippen LogP contribution in [0.3, 0.4) is 0 Å². The number of phosphoric ester groups is 1. The average molecular weight is 712 g/mol. The Kier molecular flexibility index (Phi) is 14.4. The number of likely N-dealkylation sites (N-methyl/N-ethyl adjacent to an activating group) is 1. The Morgan fingerprint density at radius 3 is 2.33 bits per heavy atom. The van der Waals surface area contributed by atoms with Crippen molar-refractivity contribution in [2.24, 2.45) is 0 Å². The molecule has 1 aromatic rings. The van der Waals surface area contributed by atoms with E-state index in [0.29, 0.717) is 6.42 Å². The van der Waals surface area contributed by atoms with Crippen LogP contribution in [0.25, 0.3) is 0 Å². The van der Waals surface area contributed by atoms with Gasteiger partial charge in [0.1, 0.15) is 12.4 Å². The Morgan fingerprint density at radius 2 is 1.83 bits per heavy atom. The van der Waals surface area contributed by atoms with Crippen molar-refractivity contribution in [1.29, 1.82) is 0 Å². The molecule has 1 unspecified atom stereocenters. The van der Waals surface area contributed by atoms with E-state index in [1.165, 1.54) is 7.05 Å². The highest BCUT2D eigenvalue weighted by Crippen LogP contribution is 2.39. The van der Waals surface area contributed by atoms with Gasteiger partial charge < -0.3 is 45.3 Å². The average Bonchev–Trinajstić information content (AvgIpc) is 3.37. The van der Waals surface area contributed by atoms with Crippen LogP contribution in [0.2, 0.25) is 0 Å². The predicted octanol–water partition coefficient (Wildman–Crippen LogP) is -0.292. The Morgan fingerprint density at radius 1 is 1.24 bits per heavy atom. The van der Waals surface area contributed by atoms with Crippen LogP contribution in [-0.2, 0) is 33.4 Å². The van der Waals surface area contributed by atoms with Crippen molar-refractivity contribution in [1.82, 2.24) is 9.21 Å². The Hall–Kier alpha value is -2.42. The van der Waals surface area contributed by atoms with Gasteiger partial charge in [-0.25, -0.2) is 22.4 Å². The molecule has 1 aromatic carbocycles. The minimum atomic E-state index is -5.47. The number of benzene rings is 1. The summed E-state index contributed by atoms with van der Waals surface area (Å²) in [4.78, 5) is 42.5. The molecule has 46 heavy (non-hydrogen) atoms. The van der Waals surface area contributed by atoms with Gasteiger partial charge in [-0.3, -0.25) is 4.57 Å². The Bertz CT molecular complexity index is 1310. The maximum atomic E-state index is 13.2. The second-order valence-corrected chi connectivity index (χ2v) is 14.1. The van der Waals surface area contributed by atoms with Gasteiger partial charge in [-0.2, -0.15) is 17.5 Å². The number of phosphoric acid groups is 1. The molecule has 8 N–H and O–H groups in total. The molecule has 0 bridgehead atoms. The van der Waals surface area contributed by atoms with Crippen LogP contribution in [0.15, 0.2) is 29.2 Å². The summed E-state index contributed by atoms with van der Waals surface area (Å²) in [6, 6.07) is 3.35. The number of carbonyl (C=O) groups excluding carboxylic acids is 1. The largest absolute Gasteiger partial charge is 0.756 e. The molecule has 1 spiro atoms. The van der Waals surface area contributed by atoms with Crippen LogP contribution in [0.5, 0.6) is 0 Å². The van der Waals surface area contributed by atoms with Gasteiger partial charge in [0.2, 0.25) is 16.1 Å². The first-order valence-electron chi connectivity index (χ1n) is 14.1. The topological polar surface area (TPSA) is 238 Å². The number of likely N-dealkylation sites (tertiary alicyclic amines) is 1. The van der Waals surface area contributed by atoms with E-state index in [1.54, 1.807) is 0 Å². The Labute approximate surface area is 263 Å². The van der Waals surface area contributed by atoms with Gasteiger partial charge >= 0.3 is 18.2 Å². The molecule has 0 saturated carbocycles. The van der Waals surface area contributed by atoms with E-state index < -0.39 is 72.3 Å². The van der Waals surface area contributed by atoms with Crippen molar-refractivity contribution in [3.05, 3.63) is 30.1 Å². The molecule has 1 amide bonds. The van der Waals surface area contributed by atoms with Crippen molar-refractivity contribution in [2.45, 2.75) is 73.4 Å². The van der Waals surface area contributed by atoms with E-state index in [9.17, 15) is 45.0 Å². The number of carboxylic acid groups (broad SMARTS) is 1. The maximum absolute atomic E-state index is 13.2. The maximum Gasteiger partial charge on any atom is 0.427 e. The summed E-state index contributed by atoms with van der Waals surface area (Å²) in [5.74, 6) is -1.39. The predicted molar refractivity (Wildman–Crippen MR) is 147 cm³/mol. The fourth-order valence-corrected chi connectivity index (χ4v) is 6.38. The van der Waals surface area contributed by atoms with E-state index in [0.717, 1.165) is 52.9 Å². The molecule has 2 aliphatic rings. The lowest BCUT2D eigenvalue weighted by atomic mass is 9.87. The van der Waals surface area contributed by atoms with E-state index in [-0.39, 0.29) is 43.9 Å². The first-order chi connectivity index (χ1) is 21.2. The van der Waals surface area contributed by atoms with Crippen LogP contribution in [0.4, 0.5) is 22.4 Å². The molecule has 0 aliphatic carbocycles. The van der Waals surface area contributed by atoms with Crippen LogP contribution in [-0.4, -0.2) is 110 Å². The number of carbonyl (C=O) groups is 2. The molecule has 2 heterocycles. The number of amides is 1. The number of sulfonamides is 1. The monoisotopic (exact) mass is 711 g/mol. The van der Waals surface area contributed by atoms with Gasteiger partial charge in [-0.15, -0.1) is 0 Å². The van der Waals surface area contributed by atoms with Gasteiger partial charge in [0.15, 0.2) is 6.04 Å². The second kappa shape index (κ2) is 16.6. The minimum absolute atomic E-state index is 0.0469. The number of alkyl halides is 3. The molecule has 0 radical (unpaired) electrons. The molecule has 264 valence electrons. The van der Waals surface area contributed by atoms with Crippen molar-refractivity contribution >= 4 is 29.9 Å². The van der Waals surface area contributed by atoms with Gasteiger partial charge in [-0.1, -0.05) is 0 Å². The zero-order valence-corrected chi connectivity index (χ0v) is 26.8. The first kappa shape index (κ1) is 39.8. The molecular formula is C25H40F4N4O11PS+. The lowest BCUT2D eigenvalue weighted by Gasteiger charge is -2.38. The van der Waals surface area contributed by atoms with Gasteiger partial charge in [0.05, 0.1) is 29.7 Å².